The maximum absolute atomic E-state index is 12.6. The number of rotatable bonds is 8. The first-order valence-electron chi connectivity index (χ1n) is 9.47. The Labute approximate surface area is 147 Å². The summed E-state index contributed by atoms with van der Waals surface area (Å²) >= 11 is 0. The van der Waals surface area contributed by atoms with Crippen molar-refractivity contribution in [2.45, 2.75) is 39.5 Å². The molecule has 0 aromatic heterocycles. The smallest absolute Gasteiger partial charge is 0.225 e. The highest BCUT2D eigenvalue weighted by Crippen LogP contribution is 2.17. The lowest BCUT2D eigenvalue weighted by molar-refractivity contribution is -0.137. The van der Waals surface area contributed by atoms with Gasteiger partial charge in [-0.25, -0.2) is 0 Å². The third-order valence-electron chi connectivity index (χ3n) is 4.91. The van der Waals surface area contributed by atoms with Gasteiger partial charge in [-0.1, -0.05) is 69.2 Å². The molecule has 1 heterocycles. The van der Waals surface area contributed by atoms with E-state index in [4.69, 9.17) is 0 Å². The zero-order valence-electron chi connectivity index (χ0n) is 15.3. The summed E-state index contributed by atoms with van der Waals surface area (Å²) in [6.07, 6.45) is 8.75. The van der Waals surface area contributed by atoms with Crippen molar-refractivity contribution in [3.63, 3.8) is 0 Å². The van der Waals surface area contributed by atoms with E-state index >= 15 is 0 Å². The summed E-state index contributed by atoms with van der Waals surface area (Å²) in [6, 6.07) is 10.4. The SMILES string of the molecule is CCCC[C@@H](CC)C(=O)N1CCN(C/C=C/c2ccccc2)CC1. The molecule has 0 aliphatic carbocycles. The number of carbonyl (C=O) groups excluding carboxylic acids is 1. The second-order valence-electron chi connectivity index (χ2n) is 6.69. The first-order chi connectivity index (χ1) is 11.7. The van der Waals surface area contributed by atoms with Crippen molar-refractivity contribution in [1.29, 1.82) is 0 Å². The number of unbranched alkanes of at least 4 members (excludes halogenated alkanes) is 1. The summed E-state index contributed by atoms with van der Waals surface area (Å²) in [5.74, 6) is 0.611. The second-order valence-corrected chi connectivity index (χ2v) is 6.69. The lowest BCUT2D eigenvalue weighted by Gasteiger charge is -2.36. The van der Waals surface area contributed by atoms with Crippen LogP contribution >= 0.6 is 0 Å². The summed E-state index contributed by atoms with van der Waals surface area (Å²) in [5.41, 5.74) is 1.24. The zero-order valence-corrected chi connectivity index (χ0v) is 15.3. The van der Waals surface area contributed by atoms with Crippen molar-refractivity contribution in [2.24, 2.45) is 5.92 Å². The number of benzene rings is 1. The molecule has 1 amide bonds. The normalized spacial score (nSPS) is 17.3. The van der Waals surface area contributed by atoms with E-state index in [1.807, 2.05) is 6.07 Å². The number of carbonyl (C=O) groups is 1. The standard InChI is InChI=1S/C21H32N2O/c1-3-5-13-20(4-2)21(24)23-17-15-22(16-18-23)14-9-12-19-10-7-6-8-11-19/h6-12,20H,3-5,13-18H2,1-2H3/b12-9+/t20-/m1/s1. The minimum atomic E-state index is 0.231. The maximum Gasteiger partial charge on any atom is 0.225 e. The lowest BCUT2D eigenvalue weighted by Crippen LogP contribution is -2.50. The van der Waals surface area contributed by atoms with Gasteiger partial charge in [-0.3, -0.25) is 9.69 Å². The molecule has 1 saturated heterocycles. The third-order valence-corrected chi connectivity index (χ3v) is 4.91. The van der Waals surface area contributed by atoms with E-state index in [1.54, 1.807) is 0 Å². The monoisotopic (exact) mass is 328 g/mol. The van der Waals surface area contributed by atoms with E-state index in [2.05, 4.69) is 60.1 Å². The molecule has 1 atom stereocenters. The molecule has 0 N–H and O–H groups in total. The van der Waals surface area contributed by atoms with Crippen molar-refractivity contribution in [2.75, 3.05) is 32.7 Å². The van der Waals surface area contributed by atoms with Crippen LogP contribution in [0.15, 0.2) is 36.4 Å². The van der Waals surface area contributed by atoms with Gasteiger partial charge in [-0.05, 0) is 18.4 Å². The minimum absolute atomic E-state index is 0.231. The molecule has 1 aromatic carbocycles. The van der Waals surface area contributed by atoms with Crippen LogP contribution in [-0.2, 0) is 4.79 Å². The Hall–Kier alpha value is -1.61. The highest BCUT2D eigenvalue weighted by atomic mass is 16.2. The fourth-order valence-corrected chi connectivity index (χ4v) is 3.26. The molecule has 24 heavy (non-hydrogen) atoms. The van der Waals surface area contributed by atoms with Crippen LogP contribution in [0.25, 0.3) is 6.08 Å². The summed E-state index contributed by atoms with van der Waals surface area (Å²) in [6.45, 7) is 9.01. The van der Waals surface area contributed by atoms with Crippen molar-refractivity contribution < 1.29 is 4.79 Å². The quantitative estimate of drug-likeness (QED) is 0.718. The second kappa shape index (κ2) is 10.3. The van der Waals surface area contributed by atoms with Crippen molar-refractivity contribution in [3.8, 4) is 0 Å². The predicted octanol–water partition coefficient (Wildman–Crippen LogP) is 4.06. The van der Waals surface area contributed by atoms with Crippen LogP contribution in [0.2, 0.25) is 0 Å². The Balaban J connectivity index is 1.74. The highest BCUT2D eigenvalue weighted by Gasteiger charge is 2.25. The van der Waals surface area contributed by atoms with E-state index in [0.29, 0.717) is 5.91 Å². The molecule has 3 nitrogen and oxygen atoms in total. The molecule has 2 rings (SSSR count). The molecule has 0 bridgehead atoms. The van der Waals surface area contributed by atoms with Gasteiger partial charge >= 0.3 is 0 Å². The van der Waals surface area contributed by atoms with Gasteiger partial charge in [0.2, 0.25) is 5.91 Å². The van der Waals surface area contributed by atoms with Crippen molar-refractivity contribution >= 4 is 12.0 Å². The third kappa shape index (κ3) is 5.79. The Kier molecular flexibility index (Phi) is 8.03. The number of hydrogen-bond acceptors (Lipinski definition) is 2. The first-order valence-corrected chi connectivity index (χ1v) is 9.47. The number of amides is 1. The molecule has 1 aliphatic heterocycles. The Morgan fingerprint density at radius 3 is 2.46 bits per heavy atom. The Bertz CT molecular complexity index is 504. The van der Waals surface area contributed by atoms with Gasteiger partial charge in [0.1, 0.15) is 0 Å². The maximum atomic E-state index is 12.6. The average molecular weight is 329 g/mol. The predicted molar refractivity (Wildman–Crippen MR) is 102 cm³/mol. The van der Waals surface area contributed by atoms with Crippen LogP contribution in [0.1, 0.15) is 45.1 Å². The van der Waals surface area contributed by atoms with Gasteiger partial charge in [0.15, 0.2) is 0 Å². The fourth-order valence-electron chi connectivity index (χ4n) is 3.26. The number of piperazine rings is 1. The summed E-state index contributed by atoms with van der Waals surface area (Å²) in [7, 11) is 0. The zero-order chi connectivity index (χ0) is 17.2. The average Bonchev–Trinajstić information content (AvgIpc) is 2.63. The van der Waals surface area contributed by atoms with Crippen LogP contribution < -0.4 is 0 Å². The van der Waals surface area contributed by atoms with Gasteiger partial charge in [0.05, 0.1) is 0 Å². The van der Waals surface area contributed by atoms with Crippen molar-refractivity contribution in [1.82, 2.24) is 9.80 Å². The van der Waals surface area contributed by atoms with Crippen LogP contribution in [0.3, 0.4) is 0 Å². The molecule has 132 valence electrons. The summed E-state index contributed by atoms with van der Waals surface area (Å²) in [5, 5.41) is 0. The van der Waals surface area contributed by atoms with Gasteiger partial charge in [-0.15, -0.1) is 0 Å². The van der Waals surface area contributed by atoms with Crippen LogP contribution in [0.4, 0.5) is 0 Å². The van der Waals surface area contributed by atoms with Crippen LogP contribution in [0.5, 0.6) is 0 Å². The highest BCUT2D eigenvalue weighted by molar-refractivity contribution is 5.78. The molecule has 0 saturated carbocycles. The molecule has 0 radical (unpaired) electrons. The lowest BCUT2D eigenvalue weighted by atomic mass is 9.97. The first kappa shape index (κ1) is 18.7. The van der Waals surface area contributed by atoms with Crippen molar-refractivity contribution in [3.05, 3.63) is 42.0 Å². The molecule has 1 aromatic rings. The molecular formula is C21H32N2O. The largest absolute Gasteiger partial charge is 0.340 e. The molecule has 0 spiro atoms. The summed E-state index contributed by atoms with van der Waals surface area (Å²) < 4.78 is 0. The van der Waals surface area contributed by atoms with E-state index in [0.717, 1.165) is 52.0 Å². The number of nitrogens with zero attached hydrogens (tertiary/aromatic N) is 2. The van der Waals surface area contributed by atoms with E-state index in [9.17, 15) is 4.79 Å². The van der Waals surface area contributed by atoms with Crippen LogP contribution in [-0.4, -0.2) is 48.4 Å². The van der Waals surface area contributed by atoms with Gasteiger partial charge < -0.3 is 4.90 Å². The van der Waals surface area contributed by atoms with Gasteiger partial charge in [0, 0.05) is 38.6 Å². The summed E-state index contributed by atoms with van der Waals surface area (Å²) in [4.78, 5) is 17.1. The fraction of sp³-hybridized carbons (Fsp3) is 0.571. The molecule has 0 unspecified atom stereocenters. The van der Waals surface area contributed by atoms with E-state index < -0.39 is 0 Å². The molecule has 3 heteroatoms. The number of hydrogen-bond donors (Lipinski definition) is 0. The Morgan fingerprint density at radius 2 is 1.83 bits per heavy atom. The van der Waals surface area contributed by atoms with Gasteiger partial charge in [-0.2, -0.15) is 0 Å². The molecule has 1 fully saturated rings. The Morgan fingerprint density at radius 1 is 1.12 bits per heavy atom. The minimum Gasteiger partial charge on any atom is -0.340 e. The molecular weight excluding hydrogens is 296 g/mol. The van der Waals surface area contributed by atoms with E-state index in [1.165, 1.54) is 12.0 Å². The topological polar surface area (TPSA) is 23.6 Å². The van der Waals surface area contributed by atoms with Gasteiger partial charge in [0.25, 0.3) is 0 Å². The van der Waals surface area contributed by atoms with Crippen LogP contribution in [0, 0.1) is 5.92 Å². The van der Waals surface area contributed by atoms with E-state index in [-0.39, 0.29) is 5.92 Å². The molecule has 1 aliphatic rings.